The lowest BCUT2D eigenvalue weighted by atomic mass is 9.84. The van der Waals surface area contributed by atoms with E-state index < -0.39 is 84.0 Å². The molecule has 1 saturated carbocycles. The van der Waals surface area contributed by atoms with E-state index in [9.17, 15) is 48.6 Å². The zero-order chi connectivity index (χ0) is 45.8. The lowest BCUT2D eigenvalue weighted by Gasteiger charge is -2.33. The number of primary amides is 1. The Morgan fingerprint density at radius 1 is 0.790 bits per heavy atom. The van der Waals surface area contributed by atoms with E-state index in [1.54, 1.807) is 63.2 Å². The highest BCUT2D eigenvalue weighted by Crippen LogP contribution is 2.27. The second-order valence-corrected chi connectivity index (χ2v) is 16.5. The van der Waals surface area contributed by atoms with Crippen LogP contribution in [0.2, 0.25) is 0 Å². The fraction of sp³-hybridized carbons (Fsp3) is 0.643. The molecule has 1 aromatic rings. The van der Waals surface area contributed by atoms with E-state index in [0.717, 1.165) is 32.1 Å². The number of carbonyl (C=O) groups excluding carboxylic acids is 6. The molecule has 0 bridgehead atoms. The topological polar surface area (TPSA) is 291 Å². The second-order valence-electron chi connectivity index (χ2n) is 16.5. The number of carboxylic acids is 2. The van der Waals surface area contributed by atoms with Gasteiger partial charge in [0.05, 0.1) is 19.6 Å². The molecule has 2 fully saturated rings. The van der Waals surface area contributed by atoms with Gasteiger partial charge >= 0.3 is 11.9 Å². The number of ether oxygens (including phenoxy) is 1. The Morgan fingerprint density at radius 2 is 1.35 bits per heavy atom. The highest BCUT2D eigenvalue weighted by atomic mass is 16.5. The molecule has 0 spiro atoms. The first-order chi connectivity index (χ1) is 29.4. The molecule has 0 aromatic heterocycles. The van der Waals surface area contributed by atoms with Crippen molar-refractivity contribution < 1.29 is 53.3 Å². The van der Waals surface area contributed by atoms with Crippen LogP contribution in [-0.4, -0.2) is 151 Å². The first kappa shape index (κ1) is 50.6. The molecule has 344 valence electrons. The van der Waals surface area contributed by atoms with Crippen LogP contribution in [0.25, 0.3) is 0 Å². The van der Waals surface area contributed by atoms with Crippen molar-refractivity contribution in [3.05, 3.63) is 35.9 Å². The van der Waals surface area contributed by atoms with Crippen LogP contribution in [0.5, 0.6) is 0 Å². The number of nitrogens with two attached hydrogens (primary N) is 1. The van der Waals surface area contributed by atoms with Crippen LogP contribution in [0.15, 0.2) is 35.3 Å². The number of amides is 6. The minimum absolute atomic E-state index is 0.0126. The van der Waals surface area contributed by atoms with E-state index in [-0.39, 0.29) is 50.5 Å². The summed E-state index contributed by atoms with van der Waals surface area (Å²) in [5.74, 6) is -7.28. The zero-order valence-corrected chi connectivity index (χ0v) is 36.2. The molecule has 6 amide bonds. The number of nitrogens with one attached hydrogen (secondary N) is 5. The standard InChI is InChI=1S/C42H65N9O11/c1-26(2)21-30(38(57)49-33(41(60)61)23-28-13-9-6-10-14-28)46-40(59)32(24-36(54)55)48-39(58)31(22-27-11-7-5-8-12-27)47-37(56)29(15-16-34(43)52)45-35(53)25-44-42(50(3)4)51-17-19-62-20-18-51/h6,9-10,13-14,26-27,29-33H,5,7-8,11-12,15-25H2,1-4H3,(H2,43,52)(H,45,53)(H,46,59)(H,47,56)(H,48,58)(H,49,57)(H,54,55)(H,60,61)/t29-,30-,31-,32-,33-/m0/s1. The first-order valence-corrected chi connectivity index (χ1v) is 21.3. The van der Waals surface area contributed by atoms with Crippen LogP contribution in [0.1, 0.15) is 83.6 Å². The van der Waals surface area contributed by atoms with Gasteiger partial charge in [-0.1, -0.05) is 76.3 Å². The van der Waals surface area contributed by atoms with E-state index in [0.29, 0.717) is 37.8 Å². The summed E-state index contributed by atoms with van der Waals surface area (Å²) in [7, 11) is 3.56. The largest absolute Gasteiger partial charge is 0.481 e. The number of aliphatic carboxylic acids is 2. The van der Waals surface area contributed by atoms with E-state index >= 15 is 0 Å². The lowest BCUT2D eigenvalue weighted by Crippen LogP contribution is -2.59. The number of carbonyl (C=O) groups is 8. The Balaban J connectivity index is 1.82. The number of carboxylic acid groups (broad SMARTS) is 2. The summed E-state index contributed by atoms with van der Waals surface area (Å²) in [6.07, 6.45) is 3.06. The number of benzene rings is 1. The summed E-state index contributed by atoms with van der Waals surface area (Å²) in [4.78, 5) is 113. The predicted octanol–water partition coefficient (Wildman–Crippen LogP) is -0.256. The Labute approximate surface area is 362 Å². The maximum atomic E-state index is 14.1. The van der Waals surface area contributed by atoms with Gasteiger partial charge in [0.1, 0.15) is 36.8 Å². The van der Waals surface area contributed by atoms with Gasteiger partial charge in [0.15, 0.2) is 5.96 Å². The van der Waals surface area contributed by atoms with Crippen molar-refractivity contribution in [3.8, 4) is 0 Å². The third-order valence-corrected chi connectivity index (χ3v) is 10.6. The molecule has 20 heteroatoms. The van der Waals surface area contributed by atoms with Crippen molar-refractivity contribution in [2.24, 2.45) is 22.6 Å². The minimum Gasteiger partial charge on any atom is -0.481 e. The molecule has 9 N–H and O–H groups in total. The summed E-state index contributed by atoms with van der Waals surface area (Å²) >= 11 is 0. The van der Waals surface area contributed by atoms with Gasteiger partial charge in [0.25, 0.3) is 0 Å². The number of rotatable bonds is 23. The van der Waals surface area contributed by atoms with Crippen molar-refractivity contribution in [1.29, 1.82) is 0 Å². The average molecular weight is 872 g/mol. The van der Waals surface area contributed by atoms with Crippen molar-refractivity contribution in [2.75, 3.05) is 46.9 Å². The Morgan fingerprint density at radius 3 is 1.94 bits per heavy atom. The summed E-state index contributed by atoms with van der Waals surface area (Å²) in [6, 6.07) is 1.67. The quantitative estimate of drug-likeness (QED) is 0.0521. The smallest absolute Gasteiger partial charge is 0.326 e. The molecule has 1 heterocycles. The first-order valence-electron chi connectivity index (χ1n) is 21.3. The molecule has 0 radical (unpaired) electrons. The van der Waals surface area contributed by atoms with Gasteiger partial charge in [-0.25, -0.2) is 9.79 Å². The number of aliphatic imine (C=N–C) groups is 1. The molecule has 20 nitrogen and oxygen atoms in total. The number of hydrogen-bond acceptors (Lipinski definition) is 10. The minimum atomic E-state index is -1.71. The van der Waals surface area contributed by atoms with Crippen molar-refractivity contribution >= 4 is 53.3 Å². The average Bonchev–Trinajstić information content (AvgIpc) is 3.21. The number of hydrogen-bond donors (Lipinski definition) is 8. The molecule has 1 aromatic carbocycles. The van der Waals surface area contributed by atoms with Crippen molar-refractivity contribution in [3.63, 3.8) is 0 Å². The van der Waals surface area contributed by atoms with Crippen LogP contribution >= 0.6 is 0 Å². The fourth-order valence-electron chi connectivity index (χ4n) is 7.44. The predicted molar refractivity (Wildman–Crippen MR) is 227 cm³/mol. The number of morpholine rings is 1. The SMILES string of the molecule is CC(C)C[C@H](NC(=O)[C@H](CC(=O)O)NC(=O)[C@H](CC1CCCCC1)NC(=O)[C@H](CCC(N)=O)NC(=O)CN=C(N(C)C)N1CCOCC1)C(=O)N[C@@H](Cc1ccccc1)C(=O)O. The molecule has 5 atom stereocenters. The van der Waals surface area contributed by atoms with E-state index in [4.69, 9.17) is 10.5 Å². The molecule has 1 aliphatic carbocycles. The monoisotopic (exact) mass is 871 g/mol. The second kappa shape index (κ2) is 25.9. The van der Waals surface area contributed by atoms with Gasteiger partial charge < -0.3 is 57.1 Å². The third-order valence-electron chi connectivity index (χ3n) is 10.6. The van der Waals surface area contributed by atoms with E-state index in [1.807, 2.05) is 4.90 Å². The lowest BCUT2D eigenvalue weighted by molar-refractivity contribution is -0.143. The molecule has 1 saturated heterocycles. The van der Waals surface area contributed by atoms with Gasteiger partial charge in [0.2, 0.25) is 35.4 Å². The highest BCUT2D eigenvalue weighted by Gasteiger charge is 2.35. The van der Waals surface area contributed by atoms with Crippen LogP contribution in [0, 0.1) is 11.8 Å². The van der Waals surface area contributed by atoms with E-state index in [2.05, 4.69) is 31.6 Å². The summed E-state index contributed by atoms with van der Waals surface area (Å²) in [6.45, 7) is 5.31. The number of nitrogens with zero attached hydrogens (tertiary/aromatic N) is 3. The maximum Gasteiger partial charge on any atom is 0.326 e. The maximum absolute atomic E-state index is 14.1. The highest BCUT2D eigenvalue weighted by molar-refractivity contribution is 5.97. The normalized spacial score (nSPS) is 17.0. The molecular formula is C42H65N9O11. The van der Waals surface area contributed by atoms with Gasteiger partial charge in [0, 0.05) is 40.0 Å². The zero-order valence-electron chi connectivity index (χ0n) is 36.2. The molecule has 2 aliphatic rings. The van der Waals surface area contributed by atoms with Crippen molar-refractivity contribution in [1.82, 2.24) is 36.4 Å². The molecule has 0 unspecified atom stereocenters. The Hall–Kier alpha value is -5.79. The van der Waals surface area contributed by atoms with Gasteiger partial charge in [-0.2, -0.15) is 0 Å². The Kier molecular flexibility index (Phi) is 21.1. The third kappa shape index (κ3) is 18.1. The molecule has 62 heavy (non-hydrogen) atoms. The van der Waals surface area contributed by atoms with Crippen LogP contribution in [-0.2, 0) is 49.5 Å². The molecule has 1 aliphatic heterocycles. The molecular weight excluding hydrogens is 807 g/mol. The Bertz CT molecular complexity index is 1710. The van der Waals surface area contributed by atoms with Crippen LogP contribution in [0.4, 0.5) is 0 Å². The number of guanidine groups is 1. The van der Waals surface area contributed by atoms with Crippen LogP contribution < -0.4 is 32.3 Å². The fourth-order valence-corrected chi connectivity index (χ4v) is 7.44. The summed E-state index contributed by atoms with van der Waals surface area (Å²) in [5.41, 5.74) is 6.05. The molecule has 3 rings (SSSR count). The summed E-state index contributed by atoms with van der Waals surface area (Å²) < 4.78 is 5.41. The van der Waals surface area contributed by atoms with E-state index in [1.165, 1.54) is 0 Å². The van der Waals surface area contributed by atoms with Gasteiger partial charge in [-0.15, -0.1) is 0 Å². The van der Waals surface area contributed by atoms with Crippen molar-refractivity contribution in [2.45, 2.75) is 115 Å². The van der Waals surface area contributed by atoms with Crippen LogP contribution in [0.3, 0.4) is 0 Å². The van der Waals surface area contributed by atoms with Gasteiger partial charge in [-0.05, 0) is 36.7 Å². The summed E-state index contributed by atoms with van der Waals surface area (Å²) in [5, 5.41) is 32.4. The van der Waals surface area contributed by atoms with Gasteiger partial charge in [-0.3, -0.25) is 33.6 Å².